The lowest BCUT2D eigenvalue weighted by Gasteiger charge is -2.23. The first-order chi connectivity index (χ1) is 7.38. The van der Waals surface area contributed by atoms with Crippen LogP contribution in [0, 0.1) is 5.92 Å². The van der Waals surface area contributed by atoms with Crippen LogP contribution in [0.4, 0.5) is 5.69 Å². The first-order valence-electron chi connectivity index (χ1n) is 5.68. The van der Waals surface area contributed by atoms with Gasteiger partial charge in [0, 0.05) is 18.7 Å². The molecule has 1 aromatic rings. The van der Waals surface area contributed by atoms with Crippen molar-refractivity contribution in [2.24, 2.45) is 5.92 Å². The van der Waals surface area contributed by atoms with E-state index in [2.05, 4.69) is 29.2 Å². The van der Waals surface area contributed by atoms with Gasteiger partial charge in [0.25, 0.3) is 0 Å². The van der Waals surface area contributed by atoms with E-state index in [1.54, 1.807) is 0 Å². The normalized spacial score (nSPS) is 24.0. The third-order valence-electron chi connectivity index (χ3n) is 3.44. The van der Waals surface area contributed by atoms with Crippen molar-refractivity contribution in [1.82, 2.24) is 0 Å². The summed E-state index contributed by atoms with van der Waals surface area (Å²) in [7, 11) is 0. The average molecular weight is 201 g/mol. The highest BCUT2D eigenvalue weighted by Gasteiger charge is 2.33. The van der Waals surface area contributed by atoms with Crippen LogP contribution in [0.15, 0.2) is 24.3 Å². The van der Waals surface area contributed by atoms with E-state index in [9.17, 15) is 4.79 Å². The van der Waals surface area contributed by atoms with Crippen LogP contribution in [0.3, 0.4) is 0 Å². The number of carbonyl (C=O) groups excluding carboxylic acids is 1. The molecule has 1 heterocycles. The SMILES string of the molecule is O=CC1Cc2ccccc2N1CC1CC1. The maximum absolute atomic E-state index is 11.0. The number of rotatable bonds is 3. The summed E-state index contributed by atoms with van der Waals surface area (Å²) in [5, 5.41) is 0. The molecule has 1 aliphatic heterocycles. The van der Waals surface area contributed by atoms with Crippen molar-refractivity contribution >= 4 is 12.0 Å². The van der Waals surface area contributed by atoms with E-state index in [-0.39, 0.29) is 6.04 Å². The molecular weight excluding hydrogens is 186 g/mol. The maximum atomic E-state index is 11.0. The summed E-state index contributed by atoms with van der Waals surface area (Å²) in [6.07, 6.45) is 4.67. The van der Waals surface area contributed by atoms with Crippen LogP contribution < -0.4 is 4.90 Å². The van der Waals surface area contributed by atoms with Crippen LogP contribution in [0.1, 0.15) is 18.4 Å². The predicted octanol–water partition coefficient (Wildman–Crippen LogP) is 2.03. The van der Waals surface area contributed by atoms with Crippen LogP contribution in [-0.2, 0) is 11.2 Å². The minimum Gasteiger partial charge on any atom is -0.361 e. The fourth-order valence-corrected chi connectivity index (χ4v) is 2.41. The molecule has 1 aromatic carbocycles. The van der Waals surface area contributed by atoms with Crippen LogP contribution in [0.2, 0.25) is 0 Å². The molecule has 1 unspecified atom stereocenters. The second-order valence-corrected chi connectivity index (χ2v) is 4.63. The van der Waals surface area contributed by atoms with Gasteiger partial charge in [-0.25, -0.2) is 0 Å². The van der Waals surface area contributed by atoms with E-state index in [1.807, 2.05) is 0 Å². The van der Waals surface area contributed by atoms with Gasteiger partial charge >= 0.3 is 0 Å². The fourth-order valence-electron chi connectivity index (χ4n) is 2.41. The van der Waals surface area contributed by atoms with Gasteiger partial charge in [0.05, 0.1) is 6.04 Å². The second kappa shape index (κ2) is 3.37. The highest BCUT2D eigenvalue weighted by molar-refractivity contribution is 5.73. The van der Waals surface area contributed by atoms with Gasteiger partial charge in [0.15, 0.2) is 0 Å². The number of fused-ring (bicyclic) bond motifs is 1. The molecule has 0 spiro atoms. The number of aldehydes is 1. The molecule has 0 radical (unpaired) electrons. The predicted molar refractivity (Wildman–Crippen MR) is 60.1 cm³/mol. The first-order valence-corrected chi connectivity index (χ1v) is 5.68. The van der Waals surface area contributed by atoms with Crippen LogP contribution in [0.5, 0.6) is 0 Å². The Morgan fingerprint density at radius 3 is 2.87 bits per heavy atom. The third-order valence-corrected chi connectivity index (χ3v) is 3.44. The van der Waals surface area contributed by atoms with Gasteiger partial charge in [-0.05, 0) is 30.4 Å². The Balaban J connectivity index is 1.90. The van der Waals surface area contributed by atoms with Gasteiger partial charge in [-0.1, -0.05) is 18.2 Å². The lowest BCUT2D eigenvalue weighted by molar-refractivity contribution is -0.108. The zero-order valence-corrected chi connectivity index (χ0v) is 8.73. The van der Waals surface area contributed by atoms with Gasteiger partial charge in [0.1, 0.15) is 6.29 Å². The number of benzene rings is 1. The van der Waals surface area contributed by atoms with Gasteiger partial charge in [-0.2, -0.15) is 0 Å². The molecule has 1 saturated carbocycles. The van der Waals surface area contributed by atoms with Crippen molar-refractivity contribution in [3.8, 4) is 0 Å². The lowest BCUT2D eigenvalue weighted by atomic mass is 10.1. The molecule has 0 amide bonds. The molecule has 2 heteroatoms. The van der Waals surface area contributed by atoms with Crippen molar-refractivity contribution in [3.63, 3.8) is 0 Å². The average Bonchev–Trinajstić information content (AvgIpc) is 3.01. The van der Waals surface area contributed by atoms with Gasteiger partial charge in [0.2, 0.25) is 0 Å². The van der Waals surface area contributed by atoms with Gasteiger partial charge in [-0.15, -0.1) is 0 Å². The topological polar surface area (TPSA) is 20.3 Å². The molecule has 3 rings (SSSR count). The van der Waals surface area contributed by atoms with E-state index in [0.29, 0.717) is 0 Å². The highest BCUT2D eigenvalue weighted by Crippen LogP contribution is 2.37. The minimum atomic E-state index is 0.0861. The summed E-state index contributed by atoms with van der Waals surface area (Å²) >= 11 is 0. The molecule has 78 valence electrons. The molecule has 15 heavy (non-hydrogen) atoms. The Hall–Kier alpha value is -1.31. The van der Waals surface area contributed by atoms with Gasteiger partial charge in [-0.3, -0.25) is 0 Å². The third kappa shape index (κ3) is 1.54. The number of hydrogen-bond donors (Lipinski definition) is 0. The van der Waals surface area contributed by atoms with Crippen molar-refractivity contribution in [2.45, 2.75) is 25.3 Å². The van der Waals surface area contributed by atoms with Crippen LogP contribution >= 0.6 is 0 Å². The number of anilines is 1. The molecule has 1 aliphatic carbocycles. The van der Waals surface area contributed by atoms with Gasteiger partial charge < -0.3 is 9.69 Å². The summed E-state index contributed by atoms with van der Waals surface area (Å²) in [5.41, 5.74) is 2.61. The summed E-state index contributed by atoms with van der Waals surface area (Å²) in [4.78, 5) is 13.3. The molecular formula is C13H15NO. The van der Waals surface area contributed by atoms with Crippen molar-refractivity contribution in [1.29, 1.82) is 0 Å². The van der Waals surface area contributed by atoms with E-state index >= 15 is 0 Å². The number of carbonyl (C=O) groups is 1. The first kappa shape index (κ1) is 8.96. The Bertz CT molecular complexity index is 384. The summed E-state index contributed by atoms with van der Waals surface area (Å²) in [5.74, 6) is 0.832. The number of nitrogens with zero attached hydrogens (tertiary/aromatic N) is 1. The van der Waals surface area contributed by atoms with Crippen molar-refractivity contribution < 1.29 is 4.79 Å². The minimum absolute atomic E-state index is 0.0861. The van der Waals surface area contributed by atoms with Crippen molar-refractivity contribution in [2.75, 3.05) is 11.4 Å². The van der Waals surface area contributed by atoms with E-state index in [1.165, 1.54) is 24.1 Å². The maximum Gasteiger partial charge on any atom is 0.142 e. The molecule has 2 aliphatic rings. The van der Waals surface area contributed by atoms with E-state index in [0.717, 1.165) is 25.2 Å². The highest BCUT2D eigenvalue weighted by atomic mass is 16.1. The van der Waals surface area contributed by atoms with E-state index in [4.69, 9.17) is 0 Å². The fraction of sp³-hybridized carbons (Fsp3) is 0.462. The molecule has 1 fully saturated rings. The number of para-hydroxylation sites is 1. The summed E-state index contributed by atoms with van der Waals surface area (Å²) < 4.78 is 0. The van der Waals surface area contributed by atoms with Crippen molar-refractivity contribution in [3.05, 3.63) is 29.8 Å². The Labute approximate surface area is 89.9 Å². The zero-order chi connectivity index (χ0) is 10.3. The van der Waals surface area contributed by atoms with E-state index < -0.39 is 0 Å². The summed E-state index contributed by atoms with van der Waals surface area (Å²) in [6.45, 7) is 1.07. The molecule has 2 nitrogen and oxygen atoms in total. The monoisotopic (exact) mass is 201 g/mol. The quantitative estimate of drug-likeness (QED) is 0.697. The molecule has 0 aromatic heterocycles. The molecule has 0 bridgehead atoms. The van der Waals surface area contributed by atoms with Crippen LogP contribution in [-0.4, -0.2) is 18.9 Å². The molecule has 0 N–H and O–H groups in total. The standard InChI is InChI=1S/C13H15NO/c15-9-12-7-11-3-1-2-4-13(11)14(12)8-10-5-6-10/h1-4,9-10,12H,5-8H2. The summed E-state index contributed by atoms with van der Waals surface area (Å²) in [6, 6.07) is 8.48. The second-order valence-electron chi connectivity index (χ2n) is 4.63. The number of hydrogen-bond acceptors (Lipinski definition) is 2. The Kier molecular flexibility index (Phi) is 2.01. The smallest absolute Gasteiger partial charge is 0.142 e. The zero-order valence-electron chi connectivity index (χ0n) is 8.73. The largest absolute Gasteiger partial charge is 0.361 e. The molecule has 1 atom stereocenters. The lowest BCUT2D eigenvalue weighted by Crippen LogP contribution is -2.34. The Morgan fingerprint density at radius 2 is 2.13 bits per heavy atom. The molecule has 0 saturated heterocycles. The Morgan fingerprint density at radius 1 is 1.33 bits per heavy atom. The van der Waals surface area contributed by atoms with Crippen LogP contribution in [0.25, 0.3) is 0 Å².